The van der Waals surface area contributed by atoms with Crippen LogP contribution in [-0.2, 0) is 21.4 Å². The van der Waals surface area contributed by atoms with Crippen molar-refractivity contribution < 1.29 is 17.6 Å². The summed E-state index contributed by atoms with van der Waals surface area (Å²) in [6.45, 7) is 0.123. The SMILES string of the molecule is CN(C)S(=O)(=O)c1ccc(Cl)c(NC(=O)CSc2nc3cc(Cl)ccc3c(=O)n2Cc2ccco2)c1. The van der Waals surface area contributed by atoms with E-state index in [1.54, 1.807) is 30.3 Å². The van der Waals surface area contributed by atoms with Crippen molar-refractivity contribution in [3.8, 4) is 0 Å². The average Bonchev–Trinajstić information content (AvgIpc) is 3.34. The van der Waals surface area contributed by atoms with Gasteiger partial charge in [-0.15, -0.1) is 0 Å². The minimum atomic E-state index is -3.72. The molecule has 0 aliphatic rings. The third kappa shape index (κ3) is 5.60. The van der Waals surface area contributed by atoms with Crippen LogP contribution in [-0.4, -0.2) is 48.0 Å². The normalized spacial score (nSPS) is 11.8. The van der Waals surface area contributed by atoms with Crippen molar-refractivity contribution in [2.24, 2.45) is 0 Å². The van der Waals surface area contributed by atoms with Crippen molar-refractivity contribution in [3.05, 3.63) is 81.0 Å². The zero-order valence-corrected chi connectivity index (χ0v) is 22.2. The standard InChI is InChI=1S/C23H20Cl2N4O5S2/c1-28(2)36(32,33)16-6-8-18(25)20(11-16)26-21(30)13-35-23-27-19-10-14(24)5-7-17(19)22(31)29(23)12-15-4-3-9-34-15/h3-11H,12-13H2,1-2H3,(H,26,30). The van der Waals surface area contributed by atoms with Crippen LogP contribution in [0, 0.1) is 0 Å². The fourth-order valence-corrected chi connectivity index (χ4v) is 5.33. The molecule has 188 valence electrons. The molecule has 0 saturated carbocycles. The number of fused-ring (bicyclic) bond motifs is 1. The van der Waals surface area contributed by atoms with Gasteiger partial charge in [0.1, 0.15) is 5.76 Å². The molecule has 0 unspecified atom stereocenters. The number of anilines is 1. The molecule has 0 spiro atoms. The first-order valence-electron chi connectivity index (χ1n) is 10.4. The van der Waals surface area contributed by atoms with Crippen molar-refractivity contribution in [3.63, 3.8) is 0 Å². The van der Waals surface area contributed by atoms with Gasteiger partial charge in [-0.2, -0.15) is 0 Å². The molecule has 36 heavy (non-hydrogen) atoms. The second-order valence-corrected chi connectivity index (χ2v) is 11.7. The molecule has 0 saturated heterocycles. The molecule has 0 radical (unpaired) electrons. The summed E-state index contributed by atoms with van der Waals surface area (Å²) in [5.74, 6) is -0.0482. The molecular formula is C23H20Cl2N4O5S2. The van der Waals surface area contributed by atoms with Crippen molar-refractivity contribution in [1.82, 2.24) is 13.9 Å². The Morgan fingerprint density at radius 2 is 1.94 bits per heavy atom. The lowest BCUT2D eigenvalue weighted by atomic mass is 10.2. The van der Waals surface area contributed by atoms with Crippen LogP contribution in [0.3, 0.4) is 0 Å². The monoisotopic (exact) mass is 566 g/mol. The molecule has 0 fully saturated rings. The number of halogens is 2. The summed E-state index contributed by atoms with van der Waals surface area (Å²) in [6, 6.07) is 12.3. The number of aromatic nitrogens is 2. The zero-order valence-electron chi connectivity index (χ0n) is 19.1. The zero-order chi connectivity index (χ0) is 26.0. The lowest BCUT2D eigenvalue weighted by Gasteiger charge is -2.14. The van der Waals surface area contributed by atoms with Gasteiger partial charge >= 0.3 is 0 Å². The second kappa shape index (κ2) is 10.7. The minimum Gasteiger partial charge on any atom is -0.467 e. The number of sulfonamides is 1. The van der Waals surface area contributed by atoms with Crippen LogP contribution < -0.4 is 10.9 Å². The van der Waals surface area contributed by atoms with Crippen LogP contribution in [0.1, 0.15) is 5.76 Å². The first-order chi connectivity index (χ1) is 17.1. The Bertz CT molecular complexity index is 1600. The molecule has 4 rings (SSSR count). The van der Waals surface area contributed by atoms with Gasteiger partial charge in [0.15, 0.2) is 5.16 Å². The predicted octanol–water partition coefficient (Wildman–Crippen LogP) is 4.33. The van der Waals surface area contributed by atoms with Crippen molar-refractivity contribution in [2.75, 3.05) is 25.2 Å². The Balaban J connectivity index is 1.60. The van der Waals surface area contributed by atoms with Gasteiger partial charge in [0, 0.05) is 19.1 Å². The van der Waals surface area contributed by atoms with Crippen LogP contribution in [0.25, 0.3) is 10.9 Å². The number of furan rings is 1. The van der Waals surface area contributed by atoms with E-state index in [2.05, 4.69) is 10.3 Å². The van der Waals surface area contributed by atoms with Crippen molar-refractivity contribution in [1.29, 1.82) is 0 Å². The third-order valence-corrected chi connectivity index (χ3v) is 8.45. The van der Waals surface area contributed by atoms with Gasteiger partial charge in [0.05, 0.1) is 45.1 Å². The van der Waals surface area contributed by atoms with Crippen LogP contribution >= 0.6 is 35.0 Å². The summed E-state index contributed by atoms with van der Waals surface area (Å²) >= 11 is 13.3. The Kier molecular flexibility index (Phi) is 7.76. The maximum atomic E-state index is 13.2. The number of benzene rings is 2. The van der Waals surface area contributed by atoms with E-state index < -0.39 is 15.9 Å². The smallest absolute Gasteiger partial charge is 0.262 e. The molecule has 4 aromatic rings. The molecule has 2 heterocycles. The van der Waals surface area contributed by atoms with E-state index in [0.717, 1.165) is 16.1 Å². The maximum Gasteiger partial charge on any atom is 0.262 e. The fourth-order valence-electron chi connectivity index (χ4n) is 3.27. The highest BCUT2D eigenvalue weighted by atomic mass is 35.5. The van der Waals surface area contributed by atoms with E-state index in [-0.39, 0.29) is 38.6 Å². The predicted molar refractivity (Wildman–Crippen MR) is 141 cm³/mol. The van der Waals surface area contributed by atoms with E-state index in [0.29, 0.717) is 21.7 Å². The summed E-state index contributed by atoms with van der Waals surface area (Å²) in [5.41, 5.74) is 0.243. The molecule has 0 bridgehead atoms. The summed E-state index contributed by atoms with van der Waals surface area (Å²) in [4.78, 5) is 30.5. The molecule has 0 atom stereocenters. The molecule has 0 aliphatic carbocycles. The Labute approximate surface area is 221 Å². The van der Waals surface area contributed by atoms with E-state index in [1.165, 1.54) is 43.1 Å². The quantitative estimate of drug-likeness (QED) is 0.249. The Morgan fingerprint density at radius 3 is 2.64 bits per heavy atom. The van der Waals surface area contributed by atoms with Crippen LogP contribution in [0.2, 0.25) is 10.0 Å². The fraction of sp³-hybridized carbons (Fsp3) is 0.174. The van der Waals surface area contributed by atoms with E-state index in [1.807, 2.05) is 0 Å². The van der Waals surface area contributed by atoms with Gasteiger partial charge in [-0.3, -0.25) is 14.2 Å². The summed E-state index contributed by atoms with van der Waals surface area (Å²) < 4.78 is 32.7. The summed E-state index contributed by atoms with van der Waals surface area (Å²) in [5, 5.41) is 3.90. The van der Waals surface area contributed by atoms with Gasteiger partial charge in [-0.05, 0) is 48.5 Å². The van der Waals surface area contributed by atoms with E-state index in [9.17, 15) is 18.0 Å². The number of carbonyl (C=O) groups excluding carboxylic acids is 1. The lowest BCUT2D eigenvalue weighted by Crippen LogP contribution is -2.25. The second-order valence-electron chi connectivity index (χ2n) is 7.79. The van der Waals surface area contributed by atoms with Crippen LogP contribution in [0.4, 0.5) is 5.69 Å². The maximum absolute atomic E-state index is 13.2. The molecule has 1 amide bonds. The largest absolute Gasteiger partial charge is 0.467 e. The van der Waals surface area contributed by atoms with Gasteiger partial charge in [0.25, 0.3) is 5.56 Å². The molecule has 2 aromatic carbocycles. The molecule has 0 aliphatic heterocycles. The number of thioether (sulfide) groups is 1. The lowest BCUT2D eigenvalue weighted by molar-refractivity contribution is -0.113. The Morgan fingerprint density at radius 1 is 1.17 bits per heavy atom. The number of nitrogens with zero attached hydrogens (tertiary/aromatic N) is 3. The highest BCUT2D eigenvalue weighted by Gasteiger charge is 2.20. The first kappa shape index (κ1) is 26.2. The number of nitrogens with one attached hydrogen (secondary N) is 1. The van der Waals surface area contributed by atoms with Crippen molar-refractivity contribution in [2.45, 2.75) is 16.6 Å². The third-order valence-electron chi connectivity index (χ3n) is 5.10. The highest BCUT2D eigenvalue weighted by Crippen LogP contribution is 2.27. The van der Waals surface area contributed by atoms with E-state index in [4.69, 9.17) is 27.6 Å². The number of amides is 1. The molecule has 13 heteroatoms. The topological polar surface area (TPSA) is 115 Å². The molecule has 9 nitrogen and oxygen atoms in total. The highest BCUT2D eigenvalue weighted by molar-refractivity contribution is 7.99. The number of hydrogen-bond donors (Lipinski definition) is 1. The Hall–Kier alpha value is -2.83. The van der Waals surface area contributed by atoms with Gasteiger partial charge in [-0.25, -0.2) is 17.7 Å². The number of hydrogen-bond acceptors (Lipinski definition) is 7. The number of rotatable bonds is 8. The minimum absolute atomic E-state index is 0.0137. The average molecular weight is 567 g/mol. The van der Waals surface area contributed by atoms with Crippen LogP contribution in [0.15, 0.2) is 74.1 Å². The summed E-state index contributed by atoms with van der Waals surface area (Å²) in [7, 11) is -0.901. The van der Waals surface area contributed by atoms with Gasteiger partial charge in [-0.1, -0.05) is 35.0 Å². The first-order valence-corrected chi connectivity index (χ1v) is 13.6. The van der Waals surface area contributed by atoms with Crippen molar-refractivity contribution >= 4 is 67.5 Å². The summed E-state index contributed by atoms with van der Waals surface area (Å²) in [6.07, 6.45) is 1.50. The van der Waals surface area contributed by atoms with Crippen LogP contribution in [0.5, 0.6) is 0 Å². The van der Waals surface area contributed by atoms with Gasteiger partial charge in [0.2, 0.25) is 15.9 Å². The molecular weight excluding hydrogens is 547 g/mol. The number of carbonyl (C=O) groups is 1. The molecule has 1 N–H and O–H groups in total. The molecule has 2 aromatic heterocycles. The van der Waals surface area contributed by atoms with E-state index >= 15 is 0 Å². The van der Waals surface area contributed by atoms with Gasteiger partial charge < -0.3 is 9.73 Å².